The van der Waals surface area contributed by atoms with Crippen LogP contribution in [0.15, 0.2) is 65.7 Å². The fourth-order valence-electron chi connectivity index (χ4n) is 2.21. The fraction of sp³-hybridized carbons (Fsp3) is 0.0556. The Bertz CT molecular complexity index is 824. The molecule has 0 N–H and O–H groups in total. The fourth-order valence-corrected chi connectivity index (χ4v) is 2.73. The predicted molar refractivity (Wildman–Crippen MR) is 89.4 cm³/mol. The Balaban J connectivity index is 2.26. The Kier molecular flexibility index (Phi) is 4.17. The van der Waals surface area contributed by atoms with Crippen molar-refractivity contribution in [3.05, 3.63) is 66.2 Å². The second-order valence-corrected chi connectivity index (χ2v) is 5.42. The Morgan fingerprint density at radius 2 is 1.45 bits per heavy atom. The average Bonchev–Trinajstić information content (AvgIpc) is 2.62. The van der Waals surface area contributed by atoms with Crippen LogP contribution in [-0.4, -0.2) is 16.2 Å². The lowest BCUT2D eigenvalue weighted by Gasteiger charge is -2.10. The summed E-state index contributed by atoms with van der Waals surface area (Å²) in [5, 5.41) is 10.2. The van der Waals surface area contributed by atoms with Crippen LogP contribution in [-0.2, 0) is 0 Å². The van der Waals surface area contributed by atoms with Crippen LogP contribution in [0, 0.1) is 11.3 Å². The van der Waals surface area contributed by atoms with Gasteiger partial charge in [0.2, 0.25) is 0 Å². The number of rotatable bonds is 3. The minimum atomic E-state index is 0.526. The third-order valence-electron chi connectivity index (χ3n) is 3.26. The lowest BCUT2D eigenvalue weighted by Crippen LogP contribution is -1.99. The molecule has 4 heteroatoms. The van der Waals surface area contributed by atoms with E-state index in [9.17, 15) is 5.26 Å². The van der Waals surface area contributed by atoms with Crippen molar-refractivity contribution in [2.24, 2.45) is 0 Å². The molecule has 3 nitrogen and oxygen atoms in total. The molecule has 0 fully saturated rings. The smallest absolute Gasteiger partial charge is 0.161 e. The highest BCUT2D eigenvalue weighted by Crippen LogP contribution is 2.30. The molecule has 0 atom stereocenters. The molecular weight excluding hydrogens is 290 g/mol. The van der Waals surface area contributed by atoms with Gasteiger partial charge in [0.1, 0.15) is 16.7 Å². The molecule has 0 spiro atoms. The lowest BCUT2D eigenvalue weighted by molar-refractivity contribution is 1.05. The standard InChI is InChI=1S/C18H13N3S/c1-22-18-15(12-19)16(13-8-4-2-5-9-13)20-17(21-18)14-10-6-3-7-11-14/h2-11H,1H3. The van der Waals surface area contributed by atoms with E-state index in [1.165, 1.54) is 11.8 Å². The number of nitriles is 1. The molecule has 1 aromatic heterocycles. The van der Waals surface area contributed by atoms with E-state index in [4.69, 9.17) is 0 Å². The minimum absolute atomic E-state index is 0.526. The maximum Gasteiger partial charge on any atom is 0.161 e. The quantitative estimate of drug-likeness (QED) is 0.531. The van der Waals surface area contributed by atoms with Gasteiger partial charge in [0.15, 0.2) is 5.82 Å². The number of hydrogen-bond acceptors (Lipinski definition) is 4. The normalized spacial score (nSPS) is 10.2. The first-order valence-corrected chi connectivity index (χ1v) is 8.03. The van der Waals surface area contributed by atoms with Gasteiger partial charge in [0.25, 0.3) is 0 Å². The monoisotopic (exact) mass is 303 g/mol. The van der Waals surface area contributed by atoms with Crippen molar-refractivity contribution in [1.82, 2.24) is 9.97 Å². The molecule has 3 aromatic rings. The van der Waals surface area contributed by atoms with Gasteiger partial charge >= 0.3 is 0 Å². The van der Waals surface area contributed by atoms with E-state index in [1.807, 2.05) is 66.9 Å². The molecule has 0 aliphatic heterocycles. The Labute approximate surface area is 133 Å². The molecule has 1 heterocycles. The van der Waals surface area contributed by atoms with Crippen LogP contribution in [0.3, 0.4) is 0 Å². The van der Waals surface area contributed by atoms with Gasteiger partial charge in [-0.2, -0.15) is 5.26 Å². The van der Waals surface area contributed by atoms with Crippen molar-refractivity contribution in [3.63, 3.8) is 0 Å². The third-order valence-corrected chi connectivity index (χ3v) is 3.94. The molecule has 0 saturated carbocycles. The highest BCUT2D eigenvalue weighted by molar-refractivity contribution is 7.98. The number of hydrogen-bond donors (Lipinski definition) is 0. The van der Waals surface area contributed by atoms with E-state index >= 15 is 0 Å². The predicted octanol–water partition coefficient (Wildman–Crippen LogP) is 4.40. The minimum Gasteiger partial charge on any atom is -0.227 e. The zero-order chi connectivity index (χ0) is 15.4. The number of thioether (sulfide) groups is 1. The zero-order valence-electron chi connectivity index (χ0n) is 12.0. The molecule has 0 aliphatic rings. The van der Waals surface area contributed by atoms with Crippen LogP contribution in [0.25, 0.3) is 22.6 Å². The van der Waals surface area contributed by atoms with E-state index in [-0.39, 0.29) is 0 Å². The number of aromatic nitrogens is 2. The summed E-state index contributed by atoms with van der Waals surface area (Å²) in [4.78, 5) is 9.19. The van der Waals surface area contributed by atoms with Crippen LogP contribution in [0.5, 0.6) is 0 Å². The summed E-state index contributed by atoms with van der Waals surface area (Å²) >= 11 is 1.46. The summed E-state index contributed by atoms with van der Waals surface area (Å²) in [6.45, 7) is 0. The Morgan fingerprint density at radius 3 is 2.00 bits per heavy atom. The summed E-state index contributed by atoms with van der Waals surface area (Å²) in [6.07, 6.45) is 1.92. The lowest BCUT2D eigenvalue weighted by atomic mass is 10.1. The third kappa shape index (κ3) is 2.72. The van der Waals surface area contributed by atoms with Crippen LogP contribution in [0.1, 0.15) is 5.56 Å². The molecule has 0 aliphatic carbocycles. The summed E-state index contributed by atoms with van der Waals surface area (Å²) in [7, 11) is 0. The molecular formula is C18H13N3S. The van der Waals surface area contributed by atoms with E-state index in [0.29, 0.717) is 22.1 Å². The molecule has 0 saturated heterocycles. The van der Waals surface area contributed by atoms with Crippen molar-refractivity contribution >= 4 is 11.8 Å². The maximum atomic E-state index is 9.51. The van der Waals surface area contributed by atoms with Crippen LogP contribution < -0.4 is 0 Å². The highest BCUT2D eigenvalue weighted by atomic mass is 32.2. The van der Waals surface area contributed by atoms with Gasteiger partial charge in [-0.3, -0.25) is 0 Å². The average molecular weight is 303 g/mol. The van der Waals surface area contributed by atoms with Crippen molar-refractivity contribution < 1.29 is 0 Å². The maximum absolute atomic E-state index is 9.51. The van der Waals surface area contributed by atoms with Gasteiger partial charge in [-0.15, -0.1) is 11.8 Å². The van der Waals surface area contributed by atoms with Gasteiger partial charge in [-0.25, -0.2) is 9.97 Å². The Hall–Kier alpha value is -2.64. The van der Waals surface area contributed by atoms with Gasteiger partial charge in [0.05, 0.1) is 5.69 Å². The van der Waals surface area contributed by atoms with Gasteiger partial charge in [0, 0.05) is 11.1 Å². The van der Waals surface area contributed by atoms with Crippen molar-refractivity contribution in [1.29, 1.82) is 5.26 Å². The summed E-state index contributed by atoms with van der Waals surface area (Å²) in [5.74, 6) is 0.641. The molecule has 0 amide bonds. The molecule has 0 unspecified atom stereocenters. The zero-order valence-corrected chi connectivity index (χ0v) is 12.8. The van der Waals surface area contributed by atoms with Crippen LogP contribution in [0.2, 0.25) is 0 Å². The van der Waals surface area contributed by atoms with E-state index in [0.717, 1.165) is 11.1 Å². The summed E-state index contributed by atoms with van der Waals surface area (Å²) in [6, 6.07) is 21.8. The van der Waals surface area contributed by atoms with E-state index in [2.05, 4.69) is 16.0 Å². The second kappa shape index (κ2) is 6.42. The largest absolute Gasteiger partial charge is 0.227 e. The van der Waals surface area contributed by atoms with E-state index in [1.54, 1.807) is 0 Å². The number of benzene rings is 2. The molecule has 3 rings (SSSR count). The summed E-state index contributed by atoms with van der Waals surface area (Å²) in [5.41, 5.74) is 3.08. The van der Waals surface area contributed by atoms with Gasteiger partial charge < -0.3 is 0 Å². The molecule has 106 valence electrons. The van der Waals surface area contributed by atoms with Crippen molar-refractivity contribution in [2.45, 2.75) is 5.03 Å². The van der Waals surface area contributed by atoms with Crippen molar-refractivity contribution in [2.75, 3.05) is 6.26 Å². The molecule has 0 bridgehead atoms. The second-order valence-electron chi connectivity index (χ2n) is 4.62. The van der Waals surface area contributed by atoms with Crippen molar-refractivity contribution in [3.8, 4) is 28.7 Å². The molecule has 22 heavy (non-hydrogen) atoms. The highest BCUT2D eigenvalue weighted by Gasteiger charge is 2.16. The first-order valence-electron chi connectivity index (χ1n) is 6.80. The number of nitrogens with zero attached hydrogens (tertiary/aromatic N) is 3. The SMILES string of the molecule is CSc1nc(-c2ccccc2)nc(-c2ccccc2)c1C#N. The molecule has 0 radical (unpaired) electrons. The molecule has 2 aromatic carbocycles. The first-order chi connectivity index (χ1) is 10.8. The van der Waals surface area contributed by atoms with Gasteiger partial charge in [-0.05, 0) is 6.26 Å². The first kappa shape index (κ1) is 14.3. The van der Waals surface area contributed by atoms with Gasteiger partial charge in [-0.1, -0.05) is 60.7 Å². The van der Waals surface area contributed by atoms with E-state index < -0.39 is 0 Å². The van der Waals surface area contributed by atoms with Crippen LogP contribution >= 0.6 is 11.8 Å². The Morgan fingerprint density at radius 1 is 0.864 bits per heavy atom. The summed E-state index contributed by atoms with van der Waals surface area (Å²) < 4.78 is 0. The topological polar surface area (TPSA) is 49.6 Å². The van der Waals surface area contributed by atoms with Crippen LogP contribution in [0.4, 0.5) is 0 Å².